The SMILES string of the molecule is CCCN(Cc1ncnn1CC(C)C)C1CNC1. The van der Waals surface area contributed by atoms with Gasteiger partial charge in [-0.2, -0.15) is 5.10 Å². The van der Waals surface area contributed by atoms with E-state index in [2.05, 4.69) is 45.8 Å². The highest BCUT2D eigenvalue weighted by molar-refractivity contribution is 4.91. The van der Waals surface area contributed by atoms with Gasteiger partial charge >= 0.3 is 0 Å². The van der Waals surface area contributed by atoms with E-state index in [1.165, 1.54) is 6.42 Å². The Morgan fingerprint density at radius 1 is 1.50 bits per heavy atom. The quantitative estimate of drug-likeness (QED) is 0.789. The van der Waals surface area contributed by atoms with Crippen LogP contribution >= 0.6 is 0 Å². The van der Waals surface area contributed by atoms with Crippen molar-refractivity contribution >= 4 is 0 Å². The van der Waals surface area contributed by atoms with E-state index in [1.54, 1.807) is 6.33 Å². The first-order valence-corrected chi connectivity index (χ1v) is 7.02. The van der Waals surface area contributed by atoms with Crippen molar-refractivity contribution in [2.24, 2.45) is 5.92 Å². The first-order chi connectivity index (χ1) is 8.70. The predicted octanol–water partition coefficient (Wildman–Crippen LogP) is 1.12. The maximum atomic E-state index is 4.42. The molecular weight excluding hydrogens is 226 g/mol. The lowest BCUT2D eigenvalue weighted by atomic mass is 10.1. The standard InChI is InChI=1S/C13H25N5/c1-4-5-17(12-6-14-7-12)9-13-15-10-16-18(13)8-11(2)3/h10-12,14H,4-9H2,1-3H3. The number of aromatic nitrogens is 3. The molecule has 0 atom stereocenters. The van der Waals surface area contributed by atoms with Crippen molar-refractivity contribution in [2.45, 2.75) is 46.3 Å². The zero-order valence-electron chi connectivity index (χ0n) is 11.8. The van der Waals surface area contributed by atoms with Gasteiger partial charge in [0.1, 0.15) is 12.2 Å². The normalized spacial score (nSPS) is 16.5. The molecule has 5 nitrogen and oxygen atoms in total. The van der Waals surface area contributed by atoms with Crippen molar-refractivity contribution < 1.29 is 0 Å². The highest BCUT2D eigenvalue weighted by Gasteiger charge is 2.25. The van der Waals surface area contributed by atoms with Crippen molar-refractivity contribution in [1.82, 2.24) is 25.0 Å². The molecule has 18 heavy (non-hydrogen) atoms. The third-order valence-corrected chi connectivity index (χ3v) is 3.37. The topological polar surface area (TPSA) is 46.0 Å². The van der Waals surface area contributed by atoms with Crippen LogP contribution in [0.4, 0.5) is 0 Å². The van der Waals surface area contributed by atoms with Crippen molar-refractivity contribution in [2.75, 3.05) is 19.6 Å². The number of rotatable bonds is 7. The highest BCUT2D eigenvalue weighted by Crippen LogP contribution is 2.11. The molecule has 1 aromatic rings. The molecule has 5 heteroatoms. The minimum atomic E-state index is 0.607. The lowest BCUT2D eigenvalue weighted by molar-refractivity contribution is 0.132. The summed E-state index contributed by atoms with van der Waals surface area (Å²) in [6, 6.07) is 0.675. The van der Waals surface area contributed by atoms with E-state index in [0.29, 0.717) is 12.0 Å². The van der Waals surface area contributed by atoms with Crippen LogP contribution < -0.4 is 5.32 Å². The monoisotopic (exact) mass is 251 g/mol. The van der Waals surface area contributed by atoms with Gasteiger partial charge < -0.3 is 5.32 Å². The minimum Gasteiger partial charge on any atom is -0.314 e. The summed E-state index contributed by atoms with van der Waals surface area (Å²) >= 11 is 0. The molecule has 1 aromatic heterocycles. The summed E-state index contributed by atoms with van der Waals surface area (Å²) < 4.78 is 2.05. The molecule has 1 aliphatic rings. The van der Waals surface area contributed by atoms with E-state index in [-0.39, 0.29) is 0 Å². The van der Waals surface area contributed by atoms with E-state index in [4.69, 9.17) is 0 Å². The van der Waals surface area contributed by atoms with E-state index < -0.39 is 0 Å². The Bertz CT molecular complexity index is 356. The first-order valence-electron chi connectivity index (χ1n) is 7.02. The minimum absolute atomic E-state index is 0.607. The Kier molecular flexibility index (Phi) is 4.72. The van der Waals surface area contributed by atoms with E-state index in [0.717, 1.165) is 38.5 Å². The van der Waals surface area contributed by atoms with Crippen LogP contribution in [0.25, 0.3) is 0 Å². The van der Waals surface area contributed by atoms with E-state index in [9.17, 15) is 0 Å². The van der Waals surface area contributed by atoms with Gasteiger partial charge in [-0.05, 0) is 18.9 Å². The average molecular weight is 251 g/mol. The third kappa shape index (κ3) is 3.29. The second-order valence-electron chi connectivity index (χ2n) is 5.53. The molecule has 0 aromatic carbocycles. The lowest BCUT2D eigenvalue weighted by Gasteiger charge is -2.37. The van der Waals surface area contributed by atoms with Crippen LogP contribution in [-0.4, -0.2) is 45.3 Å². The van der Waals surface area contributed by atoms with Gasteiger partial charge in [-0.15, -0.1) is 0 Å². The molecule has 2 rings (SSSR count). The fourth-order valence-electron chi connectivity index (χ4n) is 2.30. The molecule has 0 aliphatic carbocycles. The van der Waals surface area contributed by atoms with Gasteiger partial charge in [0.25, 0.3) is 0 Å². The maximum absolute atomic E-state index is 4.42. The molecule has 1 saturated heterocycles. The zero-order chi connectivity index (χ0) is 13.0. The Morgan fingerprint density at radius 3 is 2.83 bits per heavy atom. The molecule has 0 unspecified atom stereocenters. The summed E-state index contributed by atoms with van der Waals surface area (Å²) in [5.41, 5.74) is 0. The Morgan fingerprint density at radius 2 is 2.28 bits per heavy atom. The number of hydrogen-bond acceptors (Lipinski definition) is 4. The fraction of sp³-hybridized carbons (Fsp3) is 0.846. The molecule has 0 amide bonds. The predicted molar refractivity (Wildman–Crippen MR) is 72.2 cm³/mol. The summed E-state index contributed by atoms with van der Waals surface area (Å²) in [5, 5.41) is 7.68. The molecule has 1 fully saturated rings. The molecule has 1 aliphatic heterocycles. The van der Waals surface area contributed by atoms with E-state index in [1.807, 2.05) is 0 Å². The maximum Gasteiger partial charge on any atom is 0.141 e. The van der Waals surface area contributed by atoms with Crippen LogP contribution in [0.5, 0.6) is 0 Å². The van der Waals surface area contributed by atoms with Gasteiger partial charge in [0.2, 0.25) is 0 Å². The third-order valence-electron chi connectivity index (χ3n) is 3.37. The summed E-state index contributed by atoms with van der Waals surface area (Å²) in [6.07, 6.45) is 2.87. The summed E-state index contributed by atoms with van der Waals surface area (Å²) in [6.45, 7) is 11.9. The van der Waals surface area contributed by atoms with E-state index >= 15 is 0 Å². The van der Waals surface area contributed by atoms with Gasteiger partial charge in [0.15, 0.2) is 0 Å². The largest absolute Gasteiger partial charge is 0.314 e. The summed E-state index contributed by atoms with van der Waals surface area (Å²) in [4.78, 5) is 6.95. The summed E-state index contributed by atoms with van der Waals surface area (Å²) in [7, 11) is 0. The van der Waals surface area contributed by atoms with Crippen molar-refractivity contribution in [3.05, 3.63) is 12.2 Å². The van der Waals surface area contributed by atoms with Crippen LogP contribution in [0.3, 0.4) is 0 Å². The number of nitrogens with one attached hydrogen (secondary N) is 1. The van der Waals surface area contributed by atoms with Crippen molar-refractivity contribution in [1.29, 1.82) is 0 Å². The summed E-state index contributed by atoms with van der Waals surface area (Å²) in [5.74, 6) is 1.71. The second kappa shape index (κ2) is 6.29. The molecule has 0 bridgehead atoms. The van der Waals surface area contributed by atoms with Crippen LogP contribution in [-0.2, 0) is 13.1 Å². The highest BCUT2D eigenvalue weighted by atomic mass is 15.4. The second-order valence-corrected chi connectivity index (χ2v) is 5.53. The molecule has 0 spiro atoms. The van der Waals surface area contributed by atoms with Crippen LogP contribution in [0.15, 0.2) is 6.33 Å². The fourth-order valence-corrected chi connectivity index (χ4v) is 2.30. The molecule has 102 valence electrons. The smallest absolute Gasteiger partial charge is 0.141 e. The van der Waals surface area contributed by atoms with Gasteiger partial charge in [-0.1, -0.05) is 20.8 Å². The van der Waals surface area contributed by atoms with Gasteiger partial charge in [-0.25, -0.2) is 9.67 Å². The van der Waals surface area contributed by atoms with Crippen molar-refractivity contribution in [3.8, 4) is 0 Å². The Labute approximate surface area is 110 Å². The Balaban J connectivity index is 1.99. The van der Waals surface area contributed by atoms with Crippen molar-refractivity contribution in [3.63, 3.8) is 0 Å². The van der Waals surface area contributed by atoms with Gasteiger partial charge in [-0.3, -0.25) is 4.90 Å². The molecule has 1 N–H and O–H groups in total. The molecule has 0 saturated carbocycles. The Hall–Kier alpha value is -0.940. The zero-order valence-corrected chi connectivity index (χ0v) is 11.8. The molecular formula is C13H25N5. The molecule has 2 heterocycles. The molecule has 0 radical (unpaired) electrons. The van der Waals surface area contributed by atoms with Crippen LogP contribution in [0, 0.1) is 5.92 Å². The van der Waals surface area contributed by atoms with Gasteiger partial charge in [0.05, 0.1) is 6.54 Å². The average Bonchev–Trinajstić information content (AvgIpc) is 2.62. The van der Waals surface area contributed by atoms with Crippen LogP contribution in [0.1, 0.15) is 33.0 Å². The van der Waals surface area contributed by atoms with Gasteiger partial charge in [0, 0.05) is 25.7 Å². The number of nitrogens with zero attached hydrogens (tertiary/aromatic N) is 4. The number of hydrogen-bond donors (Lipinski definition) is 1. The first kappa shape index (κ1) is 13.5. The lowest BCUT2D eigenvalue weighted by Crippen LogP contribution is -2.57. The van der Waals surface area contributed by atoms with Crippen LogP contribution in [0.2, 0.25) is 0 Å².